The molecule has 0 amide bonds. The summed E-state index contributed by atoms with van der Waals surface area (Å²) in [5.41, 5.74) is -0.134. The van der Waals surface area contributed by atoms with Crippen molar-refractivity contribution in [1.29, 1.82) is 0 Å². The first-order valence-corrected chi connectivity index (χ1v) is 4.53. The van der Waals surface area contributed by atoms with Gasteiger partial charge in [-0.1, -0.05) is 0 Å². The molecule has 16 heavy (non-hydrogen) atoms. The van der Waals surface area contributed by atoms with Crippen molar-refractivity contribution >= 4 is 16.7 Å². The van der Waals surface area contributed by atoms with E-state index >= 15 is 0 Å². The van der Waals surface area contributed by atoms with E-state index in [1.165, 1.54) is 25.4 Å². The Bertz CT molecular complexity index is 565. The molecule has 0 radical (unpaired) electrons. The van der Waals surface area contributed by atoms with Crippen LogP contribution in [0.4, 0.5) is 0 Å². The molecule has 0 aliphatic rings. The third-order valence-electron chi connectivity index (χ3n) is 2.29. The van der Waals surface area contributed by atoms with Gasteiger partial charge < -0.3 is 14.9 Å². The summed E-state index contributed by atoms with van der Waals surface area (Å²) in [5.74, 6) is -0.784. The summed E-state index contributed by atoms with van der Waals surface area (Å²) in [6, 6.07) is 4.50. The van der Waals surface area contributed by atoms with E-state index in [-0.39, 0.29) is 11.4 Å². The first-order chi connectivity index (χ1) is 7.65. The van der Waals surface area contributed by atoms with Crippen molar-refractivity contribution in [1.82, 2.24) is 4.98 Å². The van der Waals surface area contributed by atoms with Gasteiger partial charge in [0, 0.05) is 11.6 Å². The first kappa shape index (κ1) is 10.2. The lowest BCUT2D eigenvalue weighted by molar-refractivity contribution is 0.0692. The molecule has 0 saturated carbocycles. The van der Waals surface area contributed by atoms with E-state index in [0.29, 0.717) is 16.5 Å². The zero-order valence-corrected chi connectivity index (χ0v) is 8.47. The van der Waals surface area contributed by atoms with Crippen LogP contribution in [-0.2, 0) is 0 Å². The van der Waals surface area contributed by atoms with Crippen molar-refractivity contribution in [3.63, 3.8) is 0 Å². The summed E-state index contributed by atoms with van der Waals surface area (Å²) < 4.78 is 5.06. The Balaban J connectivity index is 2.93. The number of methoxy groups -OCH3 is 1. The van der Waals surface area contributed by atoms with Crippen molar-refractivity contribution in [3.05, 3.63) is 30.1 Å². The van der Waals surface area contributed by atoms with Gasteiger partial charge in [0.1, 0.15) is 11.5 Å². The monoisotopic (exact) mass is 219 g/mol. The highest BCUT2D eigenvalue weighted by Crippen LogP contribution is 2.33. The third kappa shape index (κ3) is 1.42. The van der Waals surface area contributed by atoms with Crippen LogP contribution in [0.5, 0.6) is 11.5 Å². The Labute approximate surface area is 90.9 Å². The molecule has 0 spiro atoms. The smallest absolute Gasteiger partial charge is 0.355 e. The summed E-state index contributed by atoms with van der Waals surface area (Å²) in [4.78, 5) is 14.8. The molecule has 1 aromatic heterocycles. The molecular weight excluding hydrogens is 210 g/mol. The number of aromatic hydroxyl groups is 1. The van der Waals surface area contributed by atoms with E-state index in [0.717, 1.165) is 0 Å². The van der Waals surface area contributed by atoms with Crippen LogP contribution >= 0.6 is 0 Å². The average molecular weight is 219 g/mol. The zero-order valence-electron chi connectivity index (χ0n) is 8.47. The van der Waals surface area contributed by atoms with Crippen LogP contribution in [-0.4, -0.2) is 28.3 Å². The van der Waals surface area contributed by atoms with E-state index in [9.17, 15) is 9.90 Å². The minimum absolute atomic E-state index is 0.000648. The molecule has 0 saturated heterocycles. The van der Waals surface area contributed by atoms with Gasteiger partial charge in [-0.15, -0.1) is 0 Å². The Morgan fingerprint density at radius 1 is 1.38 bits per heavy atom. The highest BCUT2D eigenvalue weighted by molar-refractivity contribution is 6.06. The Hall–Kier alpha value is -2.30. The molecular formula is C11H9NO4. The molecule has 5 nitrogen and oxygen atoms in total. The second-order valence-corrected chi connectivity index (χ2v) is 3.17. The van der Waals surface area contributed by atoms with Crippen LogP contribution < -0.4 is 4.74 Å². The minimum Gasteiger partial charge on any atom is -0.507 e. The van der Waals surface area contributed by atoms with Gasteiger partial charge in [-0.2, -0.15) is 0 Å². The van der Waals surface area contributed by atoms with Crippen LogP contribution in [0, 0.1) is 0 Å². The molecule has 2 rings (SSSR count). The fourth-order valence-corrected chi connectivity index (χ4v) is 1.58. The van der Waals surface area contributed by atoms with Crippen LogP contribution in [0.25, 0.3) is 10.8 Å². The number of benzene rings is 1. The maximum Gasteiger partial charge on any atom is 0.355 e. The number of hydrogen-bond acceptors (Lipinski definition) is 4. The molecule has 1 heterocycles. The van der Waals surface area contributed by atoms with E-state index in [1.54, 1.807) is 6.07 Å². The van der Waals surface area contributed by atoms with Crippen LogP contribution in [0.2, 0.25) is 0 Å². The maximum absolute atomic E-state index is 11.0. The number of ether oxygens (including phenoxy) is 1. The van der Waals surface area contributed by atoms with Crippen LogP contribution in [0.3, 0.4) is 0 Å². The molecule has 0 atom stereocenters. The summed E-state index contributed by atoms with van der Waals surface area (Å²) in [6.45, 7) is 0. The lowest BCUT2D eigenvalue weighted by Crippen LogP contribution is -2.02. The number of aromatic nitrogens is 1. The Morgan fingerprint density at radius 2 is 2.12 bits per heavy atom. The van der Waals surface area contributed by atoms with Crippen molar-refractivity contribution < 1.29 is 19.7 Å². The number of pyridine rings is 1. The van der Waals surface area contributed by atoms with Crippen molar-refractivity contribution in [3.8, 4) is 11.5 Å². The number of aromatic carboxylic acids is 1. The number of phenolic OH excluding ortho intramolecular Hbond substituents is 1. The second kappa shape index (κ2) is 3.69. The number of nitrogens with zero attached hydrogens (tertiary/aromatic N) is 1. The predicted molar refractivity (Wildman–Crippen MR) is 56.9 cm³/mol. The first-order valence-electron chi connectivity index (χ1n) is 4.53. The third-order valence-corrected chi connectivity index (χ3v) is 2.29. The summed E-state index contributed by atoms with van der Waals surface area (Å²) in [6.07, 6.45) is 1.34. The summed E-state index contributed by atoms with van der Waals surface area (Å²) in [7, 11) is 1.43. The number of hydrogen-bond donors (Lipinski definition) is 2. The summed E-state index contributed by atoms with van der Waals surface area (Å²) in [5, 5.41) is 19.3. The fraction of sp³-hybridized carbons (Fsp3) is 0.0909. The second-order valence-electron chi connectivity index (χ2n) is 3.17. The van der Waals surface area contributed by atoms with Gasteiger partial charge in [-0.25, -0.2) is 9.78 Å². The molecule has 0 unspecified atom stereocenters. The molecule has 0 bridgehead atoms. The molecule has 2 aromatic rings. The molecule has 82 valence electrons. The van der Waals surface area contributed by atoms with E-state index in [1.807, 2.05) is 0 Å². The minimum atomic E-state index is -1.16. The van der Waals surface area contributed by atoms with Crippen molar-refractivity contribution in [2.75, 3.05) is 7.11 Å². The van der Waals surface area contributed by atoms with Crippen LogP contribution in [0.1, 0.15) is 10.5 Å². The SMILES string of the molecule is COc1ccc(O)c2ccnc(C(=O)O)c12. The predicted octanol–water partition coefficient (Wildman–Crippen LogP) is 1.65. The molecule has 2 N–H and O–H groups in total. The van der Waals surface area contributed by atoms with E-state index in [4.69, 9.17) is 9.84 Å². The van der Waals surface area contributed by atoms with Gasteiger partial charge in [-0.3, -0.25) is 0 Å². The van der Waals surface area contributed by atoms with Gasteiger partial charge in [0.05, 0.1) is 12.5 Å². The van der Waals surface area contributed by atoms with Crippen LogP contribution in [0.15, 0.2) is 24.4 Å². The molecule has 0 aliphatic heterocycles. The Morgan fingerprint density at radius 3 is 2.75 bits per heavy atom. The normalized spacial score (nSPS) is 10.3. The highest BCUT2D eigenvalue weighted by atomic mass is 16.5. The highest BCUT2D eigenvalue weighted by Gasteiger charge is 2.16. The average Bonchev–Trinajstić information content (AvgIpc) is 2.29. The van der Waals surface area contributed by atoms with Gasteiger partial charge in [-0.05, 0) is 18.2 Å². The maximum atomic E-state index is 11.0. The lowest BCUT2D eigenvalue weighted by Gasteiger charge is -2.08. The van der Waals surface area contributed by atoms with Gasteiger partial charge in [0.25, 0.3) is 0 Å². The van der Waals surface area contributed by atoms with Gasteiger partial charge in [0.2, 0.25) is 0 Å². The van der Waals surface area contributed by atoms with Gasteiger partial charge >= 0.3 is 5.97 Å². The van der Waals surface area contributed by atoms with Gasteiger partial charge in [0.15, 0.2) is 5.69 Å². The Kier molecular flexibility index (Phi) is 2.36. The molecule has 5 heteroatoms. The summed E-state index contributed by atoms with van der Waals surface area (Å²) >= 11 is 0. The van der Waals surface area contributed by atoms with Crippen molar-refractivity contribution in [2.45, 2.75) is 0 Å². The quantitative estimate of drug-likeness (QED) is 0.802. The number of carboxylic acids is 1. The number of fused-ring (bicyclic) bond motifs is 1. The number of carboxylic acid groups (broad SMARTS) is 1. The lowest BCUT2D eigenvalue weighted by atomic mass is 10.1. The van der Waals surface area contributed by atoms with E-state index in [2.05, 4.69) is 4.98 Å². The van der Waals surface area contributed by atoms with E-state index < -0.39 is 5.97 Å². The number of rotatable bonds is 2. The molecule has 0 aliphatic carbocycles. The zero-order chi connectivity index (χ0) is 11.7. The topological polar surface area (TPSA) is 79.7 Å². The fourth-order valence-electron chi connectivity index (χ4n) is 1.58. The number of carbonyl (C=O) groups is 1. The van der Waals surface area contributed by atoms with Crippen molar-refractivity contribution in [2.24, 2.45) is 0 Å². The molecule has 1 aromatic carbocycles. The molecule has 0 fully saturated rings. The largest absolute Gasteiger partial charge is 0.507 e. The number of phenols is 1. The standard InChI is InChI=1S/C11H9NO4/c1-16-8-3-2-7(13)6-4-5-12-10(9(6)8)11(14)15/h2-5,13H,1H3,(H,14,15).